The second-order valence-electron chi connectivity index (χ2n) is 7.29. The Hall–Kier alpha value is -3.67. The monoisotopic (exact) mass is 471 g/mol. The van der Waals surface area contributed by atoms with Crippen molar-refractivity contribution in [2.75, 3.05) is 7.11 Å². The lowest BCUT2D eigenvalue weighted by Crippen LogP contribution is -2.09. The molecule has 0 saturated heterocycles. The maximum atomic E-state index is 13.1. The summed E-state index contributed by atoms with van der Waals surface area (Å²) in [6.07, 6.45) is 1.72. The van der Waals surface area contributed by atoms with Crippen LogP contribution in [0.1, 0.15) is 15.2 Å². The van der Waals surface area contributed by atoms with Crippen LogP contribution in [-0.4, -0.2) is 19.3 Å². The van der Waals surface area contributed by atoms with Gasteiger partial charge in [-0.2, -0.15) is 0 Å². The third-order valence-corrected chi connectivity index (χ3v) is 6.92. The number of hydrogen-bond donors (Lipinski definition) is 0. The number of rotatable bonds is 5. The highest BCUT2D eigenvalue weighted by molar-refractivity contribution is 7.21. The van der Waals surface area contributed by atoms with E-state index < -0.39 is 5.97 Å². The molecular formula is C27H18ClNO3S. The zero-order chi connectivity index (χ0) is 22.8. The molecular weight excluding hydrogens is 454 g/mol. The van der Waals surface area contributed by atoms with Crippen LogP contribution in [0.4, 0.5) is 5.69 Å². The van der Waals surface area contributed by atoms with Crippen LogP contribution in [0.5, 0.6) is 11.5 Å². The van der Waals surface area contributed by atoms with Gasteiger partial charge in [-0.05, 0) is 47.2 Å². The van der Waals surface area contributed by atoms with Gasteiger partial charge in [-0.3, -0.25) is 4.99 Å². The lowest BCUT2D eigenvalue weighted by Gasteiger charge is -2.10. The first kappa shape index (κ1) is 21.2. The van der Waals surface area contributed by atoms with E-state index in [0.29, 0.717) is 15.6 Å². The summed E-state index contributed by atoms with van der Waals surface area (Å²) < 4.78 is 12.0. The van der Waals surface area contributed by atoms with Gasteiger partial charge in [-0.15, -0.1) is 11.3 Å². The fourth-order valence-corrected chi connectivity index (χ4v) is 4.98. The van der Waals surface area contributed by atoms with E-state index in [9.17, 15) is 4.79 Å². The molecule has 0 bridgehead atoms. The van der Waals surface area contributed by atoms with Gasteiger partial charge < -0.3 is 9.47 Å². The summed E-state index contributed by atoms with van der Waals surface area (Å²) in [7, 11) is 1.62. The van der Waals surface area contributed by atoms with E-state index in [1.54, 1.807) is 19.4 Å². The summed E-state index contributed by atoms with van der Waals surface area (Å²) in [6.45, 7) is 0. The van der Waals surface area contributed by atoms with Gasteiger partial charge in [0.15, 0.2) is 0 Å². The second kappa shape index (κ2) is 9.06. The average Bonchev–Trinajstić information content (AvgIpc) is 3.20. The number of esters is 1. The average molecular weight is 472 g/mol. The third-order valence-electron chi connectivity index (χ3n) is 5.27. The molecule has 5 aromatic rings. The molecule has 0 atom stereocenters. The summed E-state index contributed by atoms with van der Waals surface area (Å²) in [5.74, 6) is 0.689. The lowest BCUT2D eigenvalue weighted by molar-refractivity contribution is 0.0740. The smallest absolute Gasteiger partial charge is 0.355 e. The molecule has 0 spiro atoms. The minimum Gasteiger partial charge on any atom is -0.497 e. The fraction of sp³-hybridized carbons (Fsp3) is 0.0370. The van der Waals surface area contributed by atoms with Crippen molar-refractivity contribution < 1.29 is 14.3 Å². The molecule has 0 aliphatic carbocycles. The number of carbonyl (C=O) groups excluding carboxylic acids is 1. The Morgan fingerprint density at radius 3 is 2.39 bits per heavy atom. The van der Waals surface area contributed by atoms with Crippen molar-refractivity contribution in [2.24, 2.45) is 4.99 Å². The minimum atomic E-state index is -0.490. The van der Waals surface area contributed by atoms with Crippen molar-refractivity contribution in [1.29, 1.82) is 0 Å². The summed E-state index contributed by atoms with van der Waals surface area (Å²) in [5.41, 5.74) is 1.48. The van der Waals surface area contributed by atoms with E-state index in [-0.39, 0.29) is 0 Å². The van der Waals surface area contributed by atoms with Crippen LogP contribution in [-0.2, 0) is 0 Å². The summed E-state index contributed by atoms with van der Waals surface area (Å²) in [4.78, 5) is 18.1. The molecule has 6 heteroatoms. The summed E-state index contributed by atoms with van der Waals surface area (Å²) in [6, 6.07) is 26.7. The van der Waals surface area contributed by atoms with Crippen LogP contribution >= 0.6 is 22.9 Å². The van der Waals surface area contributed by atoms with Crippen LogP contribution in [0.2, 0.25) is 5.02 Å². The first-order chi connectivity index (χ1) is 16.1. The summed E-state index contributed by atoms with van der Waals surface area (Å²) >= 11 is 7.81. The van der Waals surface area contributed by atoms with Gasteiger partial charge in [0.1, 0.15) is 16.4 Å². The number of fused-ring (bicyclic) bond motifs is 2. The number of methoxy groups -OCH3 is 1. The van der Waals surface area contributed by atoms with Crippen molar-refractivity contribution in [1.82, 2.24) is 0 Å². The molecule has 0 N–H and O–H groups in total. The van der Waals surface area contributed by atoms with E-state index in [0.717, 1.165) is 37.9 Å². The normalized spacial score (nSPS) is 11.3. The van der Waals surface area contributed by atoms with E-state index >= 15 is 0 Å². The predicted molar refractivity (Wildman–Crippen MR) is 136 cm³/mol. The van der Waals surface area contributed by atoms with Crippen LogP contribution in [0.3, 0.4) is 0 Å². The van der Waals surface area contributed by atoms with Gasteiger partial charge in [-0.25, -0.2) is 4.79 Å². The van der Waals surface area contributed by atoms with Gasteiger partial charge in [0, 0.05) is 21.9 Å². The van der Waals surface area contributed by atoms with Crippen molar-refractivity contribution in [2.45, 2.75) is 0 Å². The fourth-order valence-electron chi connectivity index (χ4n) is 3.60. The highest BCUT2D eigenvalue weighted by Crippen LogP contribution is 2.36. The Kier molecular flexibility index (Phi) is 5.82. The molecule has 4 aromatic carbocycles. The quantitative estimate of drug-likeness (QED) is 0.150. The van der Waals surface area contributed by atoms with Crippen molar-refractivity contribution >= 4 is 61.7 Å². The maximum absolute atomic E-state index is 13.1. The molecule has 1 aromatic heterocycles. The van der Waals surface area contributed by atoms with Gasteiger partial charge in [0.25, 0.3) is 0 Å². The van der Waals surface area contributed by atoms with Crippen molar-refractivity contribution in [3.05, 3.63) is 100 Å². The Morgan fingerprint density at radius 1 is 0.909 bits per heavy atom. The maximum Gasteiger partial charge on any atom is 0.355 e. The Morgan fingerprint density at radius 2 is 1.64 bits per heavy atom. The van der Waals surface area contributed by atoms with Crippen LogP contribution in [0, 0.1) is 0 Å². The molecule has 0 fully saturated rings. The van der Waals surface area contributed by atoms with Crippen molar-refractivity contribution in [3.63, 3.8) is 0 Å². The number of aliphatic imine (C=N–C) groups is 1. The van der Waals surface area contributed by atoms with Gasteiger partial charge in [0.05, 0.1) is 17.8 Å². The summed E-state index contributed by atoms with van der Waals surface area (Å²) in [5, 5.41) is 3.21. The lowest BCUT2D eigenvalue weighted by atomic mass is 10.0. The van der Waals surface area contributed by atoms with Crippen LogP contribution in [0.15, 0.2) is 89.9 Å². The zero-order valence-electron chi connectivity index (χ0n) is 17.6. The standard InChI is InChI=1S/C27H18ClNO3S/c1-31-19-13-11-18(12-14-19)29-16-22-20-7-3-2-6-17(20)10-15-23(22)32-27(30)26-25(28)21-8-4-5-9-24(21)33-26/h2-16H,1H3. The molecule has 0 saturated carbocycles. The number of thiophene rings is 1. The first-order valence-electron chi connectivity index (χ1n) is 10.2. The number of ether oxygens (including phenoxy) is 2. The molecule has 0 aliphatic rings. The largest absolute Gasteiger partial charge is 0.497 e. The van der Waals surface area contributed by atoms with Crippen molar-refractivity contribution in [3.8, 4) is 11.5 Å². The third kappa shape index (κ3) is 4.21. The van der Waals surface area contributed by atoms with E-state index in [2.05, 4.69) is 4.99 Å². The SMILES string of the molecule is COc1ccc(N=Cc2c(OC(=O)c3sc4ccccc4c3Cl)ccc3ccccc23)cc1. The van der Waals surface area contributed by atoms with Crippen LogP contribution in [0.25, 0.3) is 20.9 Å². The topological polar surface area (TPSA) is 47.9 Å². The van der Waals surface area contributed by atoms with Crippen LogP contribution < -0.4 is 9.47 Å². The molecule has 0 amide bonds. The van der Waals surface area contributed by atoms with Gasteiger partial charge >= 0.3 is 5.97 Å². The van der Waals surface area contributed by atoms with Gasteiger partial charge in [0.2, 0.25) is 0 Å². The number of benzene rings is 4. The molecule has 33 heavy (non-hydrogen) atoms. The molecule has 0 aliphatic heterocycles. The molecule has 5 rings (SSSR count). The number of carbonyl (C=O) groups is 1. The number of halogens is 1. The number of hydrogen-bond acceptors (Lipinski definition) is 5. The molecule has 1 heterocycles. The number of nitrogens with zero attached hydrogens (tertiary/aromatic N) is 1. The highest BCUT2D eigenvalue weighted by Gasteiger charge is 2.20. The Labute approximate surface area is 199 Å². The highest BCUT2D eigenvalue weighted by atomic mass is 35.5. The molecule has 162 valence electrons. The van der Waals surface area contributed by atoms with E-state index in [4.69, 9.17) is 21.1 Å². The predicted octanol–water partition coefficient (Wildman–Crippen LogP) is 7.69. The molecule has 4 nitrogen and oxygen atoms in total. The Balaban J connectivity index is 1.54. The zero-order valence-corrected chi connectivity index (χ0v) is 19.2. The molecule has 0 unspecified atom stereocenters. The minimum absolute atomic E-state index is 0.379. The van der Waals surface area contributed by atoms with Gasteiger partial charge in [-0.1, -0.05) is 60.1 Å². The van der Waals surface area contributed by atoms with E-state index in [1.165, 1.54) is 11.3 Å². The molecule has 0 radical (unpaired) electrons. The van der Waals surface area contributed by atoms with E-state index in [1.807, 2.05) is 78.9 Å². The Bertz CT molecular complexity index is 1510. The second-order valence-corrected chi connectivity index (χ2v) is 8.72. The first-order valence-corrected chi connectivity index (χ1v) is 11.4.